The second-order valence-electron chi connectivity index (χ2n) is 9.15. The molecule has 2 heterocycles. The van der Waals surface area contributed by atoms with Gasteiger partial charge in [0.05, 0.1) is 17.4 Å². The van der Waals surface area contributed by atoms with Gasteiger partial charge in [0, 0.05) is 5.92 Å². The zero-order chi connectivity index (χ0) is 18.0. The summed E-state index contributed by atoms with van der Waals surface area (Å²) >= 11 is 0. The predicted molar refractivity (Wildman–Crippen MR) is 87.2 cm³/mol. The molecule has 5 nitrogen and oxygen atoms in total. The Hall–Kier alpha value is -1.59. The molecule has 3 saturated carbocycles. The summed E-state index contributed by atoms with van der Waals surface area (Å²) in [6.45, 7) is 7.76. The van der Waals surface area contributed by atoms with Gasteiger partial charge in [-0.1, -0.05) is 26.5 Å². The smallest absolute Gasteiger partial charge is 0.240 e. The van der Waals surface area contributed by atoms with Gasteiger partial charge < -0.3 is 9.84 Å². The molecule has 4 aliphatic carbocycles. The molecule has 2 spiro atoms. The summed E-state index contributed by atoms with van der Waals surface area (Å²) in [4.78, 5) is 39.8. The van der Waals surface area contributed by atoms with Crippen LogP contribution in [0, 0.1) is 34.0 Å². The number of aliphatic hydroxyl groups is 1. The van der Waals surface area contributed by atoms with E-state index in [1.807, 2.05) is 13.8 Å². The third kappa shape index (κ3) is 1.31. The summed E-state index contributed by atoms with van der Waals surface area (Å²) in [6.07, 6.45) is 5.09. The van der Waals surface area contributed by atoms with E-state index in [-0.39, 0.29) is 30.0 Å². The molecule has 5 heteroatoms. The van der Waals surface area contributed by atoms with Crippen LogP contribution >= 0.6 is 0 Å². The normalized spacial score (nSPS) is 52.4. The maximum absolute atomic E-state index is 13.4. The van der Waals surface area contributed by atoms with Crippen molar-refractivity contribution in [2.75, 3.05) is 6.61 Å². The molecule has 0 aromatic carbocycles. The van der Waals surface area contributed by atoms with Gasteiger partial charge in [0.25, 0.3) is 0 Å². The van der Waals surface area contributed by atoms with Crippen LogP contribution in [0.15, 0.2) is 24.3 Å². The Morgan fingerprint density at radius 2 is 1.96 bits per heavy atom. The second kappa shape index (κ2) is 4.04. The number of hydrogen-bond acceptors (Lipinski definition) is 5. The zero-order valence-electron chi connectivity index (χ0n) is 14.5. The quantitative estimate of drug-likeness (QED) is 0.676. The van der Waals surface area contributed by atoms with Crippen LogP contribution in [0.25, 0.3) is 0 Å². The van der Waals surface area contributed by atoms with E-state index in [2.05, 4.69) is 6.58 Å². The minimum absolute atomic E-state index is 0.00332. The van der Waals surface area contributed by atoms with Crippen molar-refractivity contribution in [3.8, 4) is 0 Å². The molecule has 0 unspecified atom stereocenters. The Morgan fingerprint density at radius 3 is 2.68 bits per heavy atom. The number of carbonyl (C=O) groups excluding carboxylic acids is 3. The monoisotopic (exact) mass is 342 g/mol. The highest BCUT2D eigenvalue weighted by molar-refractivity contribution is 6.13. The van der Waals surface area contributed by atoms with E-state index in [0.717, 1.165) is 6.42 Å². The Bertz CT molecular complexity index is 807. The van der Waals surface area contributed by atoms with E-state index in [1.165, 1.54) is 0 Å². The number of rotatable bonds is 0. The van der Waals surface area contributed by atoms with Crippen molar-refractivity contribution in [3.05, 3.63) is 24.3 Å². The molecule has 5 fully saturated rings. The Labute approximate surface area is 146 Å². The Balaban J connectivity index is 1.84. The first kappa shape index (κ1) is 15.6. The zero-order valence-corrected chi connectivity index (χ0v) is 14.5. The van der Waals surface area contributed by atoms with Gasteiger partial charge in [-0.15, -0.1) is 0 Å². The van der Waals surface area contributed by atoms with Crippen LogP contribution in [0.4, 0.5) is 0 Å². The second-order valence-corrected chi connectivity index (χ2v) is 9.15. The van der Waals surface area contributed by atoms with Crippen LogP contribution in [-0.2, 0) is 19.1 Å². The lowest BCUT2D eigenvalue weighted by Crippen LogP contribution is -2.81. The topological polar surface area (TPSA) is 80.7 Å². The number of allylic oxidation sites excluding steroid dienone is 3. The molecule has 4 bridgehead atoms. The van der Waals surface area contributed by atoms with Crippen LogP contribution in [0.1, 0.15) is 33.1 Å². The minimum atomic E-state index is -2.14. The molecule has 0 aromatic rings. The third-order valence-corrected chi connectivity index (χ3v) is 7.88. The van der Waals surface area contributed by atoms with E-state index in [4.69, 9.17) is 4.74 Å². The fraction of sp³-hybridized carbons (Fsp3) is 0.650. The highest BCUT2D eigenvalue weighted by Crippen LogP contribution is 2.73. The summed E-state index contributed by atoms with van der Waals surface area (Å²) < 4.78 is 5.70. The lowest BCUT2D eigenvalue weighted by Gasteiger charge is -2.68. The molecule has 0 amide bonds. The molecule has 6 aliphatic rings. The summed E-state index contributed by atoms with van der Waals surface area (Å²) in [6, 6.07) is 0. The van der Waals surface area contributed by atoms with Crippen LogP contribution in [0.3, 0.4) is 0 Å². The summed E-state index contributed by atoms with van der Waals surface area (Å²) in [7, 11) is 0. The van der Waals surface area contributed by atoms with Crippen molar-refractivity contribution in [1.29, 1.82) is 0 Å². The van der Waals surface area contributed by atoms with Crippen molar-refractivity contribution in [3.63, 3.8) is 0 Å². The van der Waals surface area contributed by atoms with Crippen molar-refractivity contribution in [2.24, 2.45) is 34.0 Å². The van der Waals surface area contributed by atoms with Crippen LogP contribution in [0.2, 0.25) is 0 Å². The molecular weight excluding hydrogens is 320 g/mol. The maximum Gasteiger partial charge on any atom is 0.240 e. The molecular formula is C20H22O5. The van der Waals surface area contributed by atoms with Gasteiger partial charge in [-0.05, 0) is 48.2 Å². The molecule has 2 aliphatic heterocycles. The first-order chi connectivity index (χ1) is 11.6. The van der Waals surface area contributed by atoms with Gasteiger partial charge in [0.15, 0.2) is 17.3 Å². The summed E-state index contributed by atoms with van der Waals surface area (Å²) in [5.41, 5.74) is -2.48. The standard InChI is InChI=1S/C20H22O5/c1-10-11-4-5-12-18-9-25-20(24,19(12,8-11)15(10)22)16(23)14(18)17(2,3)7-6-13(18)21/h6-7,11-12,14,24H,1,4-5,8-9H2,2-3H3/t11-,12+,14-,18-,19+,20+/m1/s1. The lowest BCUT2D eigenvalue weighted by molar-refractivity contribution is -0.347. The van der Waals surface area contributed by atoms with Gasteiger partial charge in [-0.25, -0.2) is 0 Å². The average Bonchev–Trinajstić information content (AvgIpc) is 2.75. The molecule has 2 saturated heterocycles. The van der Waals surface area contributed by atoms with Crippen LogP contribution in [-0.4, -0.2) is 34.9 Å². The highest BCUT2D eigenvalue weighted by atomic mass is 16.6. The van der Waals surface area contributed by atoms with E-state index in [9.17, 15) is 19.5 Å². The predicted octanol–water partition coefficient (Wildman–Crippen LogP) is 1.60. The number of Topliss-reactive ketones (excluding diaryl/α,β-unsaturated/α-hetero) is 2. The molecule has 6 atom stereocenters. The summed E-state index contributed by atoms with van der Waals surface area (Å²) in [5.74, 6) is -4.11. The third-order valence-electron chi connectivity index (χ3n) is 7.88. The fourth-order valence-electron chi connectivity index (χ4n) is 6.88. The molecule has 0 radical (unpaired) electrons. The fourth-order valence-corrected chi connectivity index (χ4v) is 6.88. The number of hydrogen-bond donors (Lipinski definition) is 1. The highest BCUT2D eigenvalue weighted by Gasteiger charge is 2.84. The number of ether oxygens (including phenoxy) is 1. The number of ketones is 3. The van der Waals surface area contributed by atoms with E-state index in [0.29, 0.717) is 18.4 Å². The summed E-state index contributed by atoms with van der Waals surface area (Å²) in [5, 5.41) is 11.4. The average molecular weight is 342 g/mol. The lowest BCUT2D eigenvalue weighted by atomic mass is 9.38. The number of carbonyl (C=O) groups is 3. The first-order valence-electron chi connectivity index (χ1n) is 9.01. The van der Waals surface area contributed by atoms with Gasteiger partial charge in [0.1, 0.15) is 0 Å². The molecule has 1 N–H and O–H groups in total. The van der Waals surface area contributed by atoms with Gasteiger partial charge in [-0.2, -0.15) is 0 Å². The molecule has 6 rings (SSSR count). The SMILES string of the molecule is C=C1C(=O)[C@]23C[C@H]1CC[C@H]2[C@@]12CO[C@@]3(O)C(=O)[C@@H]1C(C)(C)C=CC2=O. The largest absolute Gasteiger partial charge is 0.359 e. The van der Waals surface area contributed by atoms with E-state index < -0.39 is 33.7 Å². The van der Waals surface area contributed by atoms with Crippen molar-refractivity contribution < 1.29 is 24.2 Å². The van der Waals surface area contributed by atoms with Crippen LogP contribution in [0.5, 0.6) is 0 Å². The van der Waals surface area contributed by atoms with Crippen molar-refractivity contribution in [2.45, 2.75) is 38.9 Å². The van der Waals surface area contributed by atoms with Crippen molar-refractivity contribution >= 4 is 17.3 Å². The van der Waals surface area contributed by atoms with Gasteiger partial charge in [0.2, 0.25) is 5.79 Å². The Morgan fingerprint density at radius 1 is 1.24 bits per heavy atom. The molecule has 25 heavy (non-hydrogen) atoms. The van der Waals surface area contributed by atoms with E-state index >= 15 is 0 Å². The van der Waals surface area contributed by atoms with Gasteiger partial charge >= 0.3 is 0 Å². The van der Waals surface area contributed by atoms with E-state index in [1.54, 1.807) is 12.2 Å². The van der Waals surface area contributed by atoms with Gasteiger partial charge in [-0.3, -0.25) is 14.4 Å². The minimum Gasteiger partial charge on any atom is -0.359 e. The Kier molecular flexibility index (Phi) is 2.53. The molecule has 0 aromatic heterocycles. The number of fused-ring (bicyclic) bond motifs is 2. The molecule has 132 valence electrons. The first-order valence-corrected chi connectivity index (χ1v) is 9.01. The maximum atomic E-state index is 13.4. The van der Waals surface area contributed by atoms with Crippen LogP contribution < -0.4 is 0 Å². The van der Waals surface area contributed by atoms with Crippen molar-refractivity contribution in [1.82, 2.24) is 0 Å².